The second-order valence-electron chi connectivity index (χ2n) is 9.18. The van der Waals surface area contributed by atoms with Gasteiger partial charge in [0.15, 0.2) is 11.5 Å². The van der Waals surface area contributed by atoms with Crippen molar-refractivity contribution in [2.24, 2.45) is 0 Å². The number of hydrogen-bond donors (Lipinski definition) is 6. The van der Waals surface area contributed by atoms with Crippen LogP contribution in [0.5, 0.6) is 17.2 Å². The predicted molar refractivity (Wildman–Crippen MR) is 129 cm³/mol. The zero-order valence-electron chi connectivity index (χ0n) is 24.1. The second kappa shape index (κ2) is 16.9. The van der Waals surface area contributed by atoms with Crippen LogP contribution in [-0.4, -0.2) is 126 Å². The predicted octanol–water partition coefficient (Wildman–Crippen LogP) is 5.92. The van der Waals surface area contributed by atoms with Crippen molar-refractivity contribution in [3.63, 3.8) is 0 Å². The number of alkyl halides is 21. The Morgan fingerprint density at radius 2 is 0.593 bits per heavy atom. The van der Waals surface area contributed by atoms with Gasteiger partial charge in [0.25, 0.3) is 30.4 Å². The SMILES string of the molecule is O=S(=O)(O)CC(F)(F)C(F)(F)C(F)(F)F.O=S(=O)(O)CC(F)(F)C(F)(F)C(F)(F)F.O=S(=O)(O)CC(F)(F)C(F)(F)C(F)(F)F.Oc1ccc(O)c(O)c1. The van der Waals surface area contributed by atoms with Gasteiger partial charge >= 0.3 is 54.1 Å². The van der Waals surface area contributed by atoms with Crippen molar-refractivity contribution >= 4 is 30.4 Å². The normalized spacial score (nSPS) is 14.4. The Morgan fingerprint density at radius 3 is 0.722 bits per heavy atom. The van der Waals surface area contributed by atoms with Gasteiger partial charge < -0.3 is 15.3 Å². The van der Waals surface area contributed by atoms with Gasteiger partial charge in [-0.25, -0.2) is 0 Å². The van der Waals surface area contributed by atoms with Gasteiger partial charge in [-0.2, -0.15) is 117 Å². The minimum atomic E-state index is -6.61. The van der Waals surface area contributed by atoms with E-state index < -0.39 is 102 Å². The topological polar surface area (TPSA) is 224 Å². The van der Waals surface area contributed by atoms with Crippen LogP contribution >= 0.6 is 0 Å². The lowest BCUT2D eigenvalue weighted by atomic mass is 10.2. The summed E-state index contributed by atoms with van der Waals surface area (Å²) in [5, 5.41) is 26.0. The molecule has 12 nitrogen and oxygen atoms in total. The van der Waals surface area contributed by atoms with E-state index in [1.165, 1.54) is 12.1 Å². The Bertz CT molecular complexity index is 1560. The summed E-state index contributed by atoms with van der Waals surface area (Å²) in [6.45, 7) is 0. The molecule has 36 heteroatoms. The third-order valence-corrected chi connectivity index (χ3v) is 6.68. The zero-order valence-corrected chi connectivity index (χ0v) is 26.6. The average Bonchev–Trinajstić information content (AvgIpc) is 2.81. The third-order valence-electron chi connectivity index (χ3n) is 4.50. The van der Waals surface area contributed by atoms with E-state index in [0.717, 1.165) is 6.07 Å². The molecule has 0 radical (unpaired) electrons. The van der Waals surface area contributed by atoms with Gasteiger partial charge in [0, 0.05) is 6.07 Å². The summed E-state index contributed by atoms with van der Waals surface area (Å²) in [7, 11) is -17.0. The molecule has 0 bridgehead atoms. The first-order valence-electron chi connectivity index (χ1n) is 11.4. The van der Waals surface area contributed by atoms with Gasteiger partial charge in [0.1, 0.15) is 23.0 Å². The molecule has 0 spiro atoms. The minimum absolute atomic E-state index is 0.0645. The fourth-order valence-electron chi connectivity index (χ4n) is 2.09. The minimum Gasteiger partial charge on any atom is -0.508 e. The summed E-state index contributed by atoms with van der Waals surface area (Å²) in [4.78, 5) is 0. The smallest absolute Gasteiger partial charge is 0.459 e. The number of aromatic hydroxyl groups is 3. The van der Waals surface area contributed by atoms with Crippen molar-refractivity contribution in [2.75, 3.05) is 17.3 Å². The van der Waals surface area contributed by atoms with Gasteiger partial charge in [-0.3, -0.25) is 13.7 Å². The van der Waals surface area contributed by atoms with Gasteiger partial charge in [-0.1, -0.05) is 0 Å². The number of phenolic OH excluding ortho intramolecular Hbond substituents is 3. The van der Waals surface area contributed by atoms with Crippen LogP contribution in [0.2, 0.25) is 0 Å². The van der Waals surface area contributed by atoms with Crippen molar-refractivity contribution in [3.8, 4) is 17.2 Å². The third kappa shape index (κ3) is 16.7. The summed E-state index contributed by atoms with van der Waals surface area (Å²) < 4.78 is 330. The van der Waals surface area contributed by atoms with E-state index in [0.29, 0.717) is 0 Å². The van der Waals surface area contributed by atoms with Crippen LogP contribution in [0.1, 0.15) is 0 Å². The summed E-state index contributed by atoms with van der Waals surface area (Å²) in [6, 6.07) is 3.56. The van der Waals surface area contributed by atoms with E-state index in [1.807, 2.05) is 0 Å². The second-order valence-corrected chi connectivity index (χ2v) is 13.5. The van der Waals surface area contributed by atoms with E-state index >= 15 is 0 Å². The highest BCUT2D eigenvalue weighted by molar-refractivity contribution is 7.86. The molecule has 0 atom stereocenters. The Kier molecular flexibility index (Phi) is 17.3. The summed E-state index contributed by atoms with van der Waals surface area (Å²) in [5.74, 6) is -47.0. The number of halogens is 21. The molecule has 0 heterocycles. The lowest BCUT2D eigenvalue weighted by Gasteiger charge is -2.26. The zero-order chi connectivity index (χ0) is 45.0. The van der Waals surface area contributed by atoms with Gasteiger partial charge in [0.05, 0.1) is 0 Å². The first-order valence-corrected chi connectivity index (χ1v) is 16.2. The highest BCUT2D eigenvalue weighted by Crippen LogP contribution is 2.49. The Hall–Kier alpha value is -3.12. The van der Waals surface area contributed by atoms with E-state index in [9.17, 15) is 117 Å². The van der Waals surface area contributed by atoms with Gasteiger partial charge in [-0.15, -0.1) is 0 Å². The molecular weight excluding hydrogens is 903 g/mol. The molecule has 0 saturated heterocycles. The van der Waals surface area contributed by atoms with Crippen LogP contribution in [0.4, 0.5) is 92.2 Å². The van der Waals surface area contributed by atoms with Crippen molar-refractivity contribution in [1.82, 2.24) is 0 Å². The first kappa shape index (κ1) is 55.2. The van der Waals surface area contributed by atoms with Crippen LogP contribution < -0.4 is 0 Å². The van der Waals surface area contributed by atoms with Crippen molar-refractivity contribution < 1.29 is 146 Å². The maximum Gasteiger partial charge on any atom is 0.459 e. The maximum atomic E-state index is 12.2. The molecule has 0 saturated carbocycles. The molecule has 54 heavy (non-hydrogen) atoms. The molecule has 0 aliphatic heterocycles. The van der Waals surface area contributed by atoms with Gasteiger partial charge in [0.2, 0.25) is 0 Å². The van der Waals surface area contributed by atoms with Crippen molar-refractivity contribution in [1.29, 1.82) is 0 Å². The van der Waals surface area contributed by atoms with Crippen molar-refractivity contribution in [2.45, 2.75) is 54.1 Å². The summed E-state index contributed by atoms with van der Waals surface area (Å²) >= 11 is 0. The highest BCUT2D eigenvalue weighted by Gasteiger charge is 2.75. The summed E-state index contributed by atoms with van der Waals surface area (Å²) in [5.41, 5.74) is 0. The molecular formula is C18H15F21O12S3. The largest absolute Gasteiger partial charge is 0.508 e. The van der Waals surface area contributed by atoms with Crippen LogP contribution in [0.3, 0.4) is 0 Å². The fourth-order valence-corrected chi connectivity index (χ4v) is 4.01. The molecule has 0 aliphatic carbocycles. The quantitative estimate of drug-likeness (QED) is 0.0735. The van der Waals surface area contributed by atoms with Crippen molar-refractivity contribution in [3.05, 3.63) is 18.2 Å². The van der Waals surface area contributed by atoms with Crippen LogP contribution in [0.25, 0.3) is 0 Å². The molecule has 1 aromatic rings. The lowest BCUT2D eigenvalue weighted by Crippen LogP contribution is -2.55. The monoisotopic (exact) mass is 918 g/mol. The van der Waals surface area contributed by atoms with E-state index in [-0.39, 0.29) is 17.2 Å². The molecule has 0 unspecified atom stereocenters. The van der Waals surface area contributed by atoms with Crippen LogP contribution in [0, 0.1) is 0 Å². The van der Waals surface area contributed by atoms with Crippen LogP contribution in [-0.2, 0) is 30.4 Å². The Morgan fingerprint density at radius 1 is 0.389 bits per heavy atom. The number of phenols is 3. The maximum absolute atomic E-state index is 12.2. The molecule has 0 aliphatic rings. The molecule has 1 aromatic carbocycles. The average molecular weight is 918 g/mol. The Balaban J connectivity index is -0.000000651. The molecule has 0 fully saturated rings. The first-order chi connectivity index (χ1) is 22.8. The number of rotatable bonds is 9. The number of benzene rings is 1. The lowest BCUT2D eigenvalue weighted by molar-refractivity contribution is -0.348. The van der Waals surface area contributed by atoms with Gasteiger partial charge in [-0.05, 0) is 12.1 Å². The highest BCUT2D eigenvalue weighted by atomic mass is 32.2. The standard InChI is InChI=1S/C6H6O3.3C4H3F7O3S/c7-4-1-2-5(8)6(9)3-4;3*5-2(6,1-15(12,13)14)3(7,8)4(9,10)11/h1-3,7-9H;3*1H2,(H,12,13,14). The van der Waals surface area contributed by atoms with E-state index in [4.69, 9.17) is 29.0 Å². The molecule has 6 N–H and O–H groups in total. The number of hydrogen-bond acceptors (Lipinski definition) is 9. The summed E-state index contributed by atoms with van der Waals surface area (Å²) in [6.07, 6.45) is -19.8. The fraction of sp³-hybridized carbons (Fsp3) is 0.667. The van der Waals surface area contributed by atoms with E-state index in [1.54, 1.807) is 0 Å². The molecule has 324 valence electrons. The molecule has 0 amide bonds. The van der Waals surface area contributed by atoms with E-state index in [2.05, 4.69) is 0 Å². The molecule has 1 rings (SSSR count). The molecule has 0 aromatic heterocycles. The Labute approximate surface area is 284 Å². The van der Waals surface area contributed by atoms with Crippen LogP contribution in [0.15, 0.2) is 18.2 Å².